The van der Waals surface area contributed by atoms with E-state index in [4.69, 9.17) is 21.1 Å². The van der Waals surface area contributed by atoms with Crippen LogP contribution in [-0.4, -0.2) is 19.6 Å². The maximum atomic E-state index is 11.9. The predicted octanol–water partition coefficient (Wildman–Crippen LogP) is 3.98. The van der Waals surface area contributed by atoms with Gasteiger partial charge in [-0.25, -0.2) is 0 Å². The third kappa shape index (κ3) is 4.15. The molecule has 116 valence electrons. The zero-order valence-electron chi connectivity index (χ0n) is 12.8. The molecular weight excluding hydrogens is 302 g/mol. The molecule has 4 nitrogen and oxygen atoms in total. The fraction of sp³-hybridized carbons (Fsp3) is 0.235. The van der Waals surface area contributed by atoms with Gasteiger partial charge >= 0.3 is 0 Å². The van der Waals surface area contributed by atoms with Gasteiger partial charge in [-0.05, 0) is 49.2 Å². The predicted molar refractivity (Wildman–Crippen MR) is 88.0 cm³/mol. The van der Waals surface area contributed by atoms with Crippen molar-refractivity contribution < 1.29 is 14.3 Å². The molecule has 0 aliphatic heterocycles. The minimum absolute atomic E-state index is 0.0616. The van der Waals surface area contributed by atoms with E-state index in [9.17, 15) is 4.79 Å². The molecule has 0 heterocycles. The van der Waals surface area contributed by atoms with E-state index in [1.165, 1.54) is 7.11 Å². The number of methoxy groups -OCH3 is 1. The number of aryl methyl sites for hydroxylation is 2. The number of ether oxygens (including phenoxy) is 2. The molecule has 1 N–H and O–H groups in total. The minimum atomic E-state index is -0.248. The second-order valence-corrected chi connectivity index (χ2v) is 5.36. The monoisotopic (exact) mass is 319 g/mol. The van der Waals surface area contributed by atoms with Gasteiger partial charge in [0.15, 0.2) is 6.61 Å². The standard InChI is InChI=1S/C17H18ClNO3/c1-11-4-5-12(2)16(8-11)22-10-17(20)19-13-6-7-15(21-3)14(18)9-13/h4-9H,10H2,1-3H3,(H,19,20). The van der Waals surface area contributed by atoms with Crippen LogP contribution in [0.4, 0.5) is 5.69 Å². The average Bonchev–Trinajstić information content (AvgIpc) is 2.48. The van der Waals surface area contributed by atoms with Crippen LogP contribution in [-0.2, 0) is 4.79 Å². The Hall–Kier alpha value is -2.20. The molecule has 0 radical (unpaired) electrons. The van der Waals surface area contributed by atoms with Crippen LogP contribution >= 0.6 is 11.6 Å². The van der Waals surface area contributed by atoms with Crippen molar-refractivity contribution in [2.45, 2.75) is 13.8 Å². The number of carbonyl (C=O) groups is 1. The first-order chi connectivity index (χ1) is 10.5. The molecule has 2 aromatic carbocycles. The van der Waals surface area contributed by atoms with E-state index in [-0.39, 0.29) is 12.5 Å². The first-order valence-corrected chi connectivity index (χ1v) is 7.21. The lowest BCUT2D eigenvalue weighted by molar-refractivity contribution is -0.118. The molecule has 0 atom stereocenters. The summed E-state index contributed by atoms with van der Waals surface area (Å²) in [5.41, 5.74) is 2.68. The van der Waals surface area contributed by atoms with Gasteiger partial charge in [-0.1, -0.05) is 23.7 Å². The maximum Gasteiger partial charge on any atom is 0.262 e. The van der Waals surface area contributed by atoms with Crippen LogP contribution in [0.15, 0.2) is 36.4 Å². The van der Waals surface area contributed by atoms with Gasteiger partial charge < -0.3 is 14.8 Å². The van der Waals surface area contributed by atoms with E-state index in [0.717, 1.165) is 11.1 Å². The fourth-order valence-corrected chi connectivity index (χ4v) is 2.21. The maximum absolute atomic E-state index is 11.9. The van der Waals surface area contributed by atoms with Crippen LogP contribution in [0.5, 0.6) is 11.5 Å². The lowest BCUT2D eigenvalue weighted by Gasteiger charge is -2.11. The van der Waals surface area contributed by atoms with Gasteiger partial charge in [0.1, 0.15) is 11.5 Å². The molecule has 0 saturated heterocycles. The summed E-state index contributed by atoms with van der Waals surface area (Å²) in [6.07, 6.45) is 0. The van der Waals surface area contributed by atoms with Crippen LogP contribution < -0.4 is 14.8 Å². The third-order valence-electron chi connectivity index (χ3n) is 3.14. The Bertz CT molecular complexity index is 686. The lowest BCUT2D eigenvalue weighted by Crippen LogP contribution is -2.20. The van der Waals surface area contributed by atoms with Crippen molar-refractivity contribution in [3.8, 4) is 11.5 Å². The van der Waals surface area contributed by atoms with Gasteiger partial charge in [-0.2, -0.15) is 0 Å². The van der Waals surface area contributed by atoms with E-state index in [2.05, 4.69) is 5.32 Å². The highest BCUT2D eigenvalue weighted by Gasteiger charge is 2.08. The SMILES string of the molecule is COc1ccc(NC(=O)COc2cc(C)ccc2C)cc1Cl. The number of hydrogen-bond donors (Lipinski definition) is 1. The molecule has 2 rings (SSSR count). The highest BCUT2D eigenvalue weighted by molar-refractivity contribution is 6.32. The van der Waals surface area contributed by atoms with Crippen molar-refractivity contribution >= 4 is 23.2 Å². The smallest absolute Gasteiger partial charge is 0.262 e. The number of hydrogen-bond acceptors (Lipinski definition) is 3. The summed E-state index contributed by atoms with van der Waals surface area (Å²) >= 11 is 6.02. The summed E-state index contributed by atoms with van der Waals surface area (Å²) in [7, 11) is 1.54. The number of amides is 1. The van der Waals surface area contributed by atoms with Gasteiger partial charge in [0, 0.05) is 5.69 Å². The Morgan fingerprint density at radius 3 is 2.59 bits per heavy atom. The molecule has 0 bridgehead atoms. The molecule has 22 heavy (non-hydrogen) atoms. The summed E-state index contributed by atoms with van der Waals surface area (Å²) in [5.74, 6) is 1.02. The second-order valence-electron chi connectivity index (χ2n) is 4.96. The van der Waals surface area contributed by atoms with E-state index in [1.807, 2.05) is 32.0 Å². The molecule has 5 heteroatoms. The zero-order valence-corrected chi connectivity index (χ0v) is 13.5. The molecular formula is C17H18ClNO3. The number of rotatable bonds is 5. The molecule has 2 aromatic rings. The fourth-order valence-electron chi connectivity index (χ4n) is 1.95. The van der Waals surface area contributed by atoms with Crippen molar-refractivity contribution in [2.75, 3.05) is 19.0 Å². The zero-order chi connectivity index (χ0) is 16.1. The first-order valence-electron chi connectivity index (χ1n) is 6.83. The van der Waals surface area contributed by atoms with Crippen LogP contribution in [0.1, 0.15) is 11.1 Å². The number of carbonyl (C=O) groups excluding carboxylic acids is 1. The van der Waals surface area contributed by atoms with Crippen molar-refractivity contribution in [3.05, 3.63) is 52.5 Å². The van der Waals surface area contributed by atoms with Crippen LogP contribution in [0.25, 0.3) is 0 Å². The van der Waals surface area contributed by atoms with E-state index in [0.29, 0.717) is 22.2 Å². The summed E-state index contributed by atoms with van der Waals surface area (Å²) in [6.45, 7) is 3.86. The van der Waals surface area contributed by atoms with Gasteiger partial charge in [-0.15, -0.1) is 0 Å². The van der Waals surface area contributed by atoms with Gasteiger partial charge in [0.05, 0.1) is 12.1 Å². The van der Waals surface area contributed by atoms with Crippen molar-refractivity contribution in [1.82, 2.24) is 0 Å². The molecule has 0 unspecified atom stereocenters. The Balaban J connectivity index is 1.95. The summed E-state index contributed by atoms with van der Waals surface area (Å²) in [4.78, 5) is 11.9. The van der Waals surface area contributed by atoms with E-state index < -0.39 is 0 Å². The Morgan fingerprint density at radius 1 is 1.14 bits per heavy atom. The average molecular weight is 320 g/mol. The van der Waals surface area contributed by atoms with Crippen LogP contribution in [0.2, 0.25) is 5.02 Å². The summed E-state index contributed by atoms with van der Waals surface area (Å²) in [5, 5.41) is 3.17. The highest BCUT2D eigenvalue weighted by Crippen LogP contribution is 2.27. The molecule has 0 aliphatic carbocycles. The van der Waals surface area contributed by atoms with Crippen LogP contribution in [0, 0.1) is 13.8 Å². The van der Waals surface area contributed by atoms with E-state index in [1.54, 1.807) is 18.2 Å². The quantitative estimate of drug-likeness (QED) is 0.906. The molecule has 0 aromatic heterocycles. The molecule has 0 saturated carbocycles. The number of benzene rings is 2. The van der Waals surface area contributed by atoms with E-state index >= 15 is 0 Å². The van der Waals surface area contributed by atoms with Gasteiger partial charge in [0.2, 0.25) is 0 Å². The topological polar surface area (TPSA) is 47.6 Å². The van der Waals surface area contributed by atoms with Gasteiger partial charge in [-0.3, -0.25) is 4.79 Å². The largest absolute Gasteiger partial charge is 0.495 e. The molecule has 0 spiro atoms. The lowest BCUT2D eigenvalue weighted by atomic mass is 10.1. The number of nitrogens with one attached hydrogen (secondary N) is 1. The molecule has 1 amide bonds. The minimum Gasteiger partial charge on any atom is -0.495 e. The van der Waals surface area contributed by atoms with Crippen molar-refractivity contribution in [2.24, 2.45) is 0 Å². The van der Waals surface area contributed by atoms with Gasteiger partial charge in [0.25, 0.3) is 5.91 Å². The Kier molecular flexibility index (Phi) is 5.28. The Morgan fingerprint density at radius 2 is 1.91 bits per heavy atom. The van der Waals surface area contributed by atoms with Crippen molar-refractivity contribution in [1.29, 1.82) is 0 Å². The molecule has 0 aliphatic rings. The second kappa shape index (κ2) is 7.18. The Labute approximate surface area is 135 Å². The van der Waals surface area contributed by atoms with Crippen molar-refractivity contribution in [3.63, 3.8) is 0 Å². The molecule has 0 fully saturated rings. The highest BCUT2D eigenvalue weighted by atomic mass is 35.5. The summed E-state index contributed by atoms with van der Waals surface area (Å²) in [6, 6.07) is 10.9. The third-order valence-corrected chi connectivity index (χ3v) is 3.43. The normalized spacial score (nSPS) is 10.2. The summed E-state index contributed by atoms with van der Waals surface area (Å²) < 4.78 is 10.6. The van der Waals surface area contributed by atoms with Crippen LogP contribution in [0.3, 0.4) is 0 Å². The number of anilines is 1. The first kappa shape index (κ1) is 16.2. The number of halogens is 1.